The predicted octanol–water partition coefficient (Wildman–Crippen LogP) is 2.34. The molecule has 0 aromatic carbocycles. The minimum atomic E-state index is -0.0916. The molecule has 17 heavy (non-hydrogen) atoms. The topological polar surface area (TPSA) is 71.8 Å². The molecule has 1 aliphatic carbocycles. The number of nitrogens with zero attached hydrogens (tertiary/aromatic N) is 1. The van der Waals surface area contributed by atoms with Crippen LogP contribution in [0.2, 0.25) is 0 Å². The standard InChI is InChI=1S/C13H21N3O/c1-3-9-5-4-6-10(7-9)12-15-11(14)8(2)13(17)16-12/h9-10H,3-7H2,1-2H3,(H3,14,15,16,17). The SMILES string of the molecule is CCC1CCCC(c2nc(N)c(C)c(=O)[nH]2)C1. The van der Waals surface area contributed by atoms with E-state index in [9.17, 15) is 4.79 Å². The van der Waals surface area contributed by atoms with Crippen LogP contribution in [0, 0.1) is 12.8 Å². The van der Waals surface area contributed by atoms with Crippen molar-refractivity contribution in [3.05, 3.63) is 21.7 Å². The third-order valence-electron chi connectivity index (χ3n) is 3.95. The lowest BCUT2D eigenvalue weighted by atomic mass is 9.80. The van der Waals surface area contributed by atoms with Crippen molar-refractivity contribution in [3.63, 3.8) is 0 Å². The Kier molecular flexibility index (Phi) is 3.50. The number of nitrogens with one attached hydrogen (secondary N) is 1. The maximum atomic E-state index is 11.7. The Morgan fingerprint density at radius 2 is 2.24 bits per heavy atom. The molecule has 0 bridgehead atoms. The molecule has 4 nitrogen and oxygen atoms in total. The van der Waals surface area contributed by atoms with Crippen LogP contribution in [-0.2, 0) is 0 Å². The first-order valence-electron chi connectivity index (χ1n) is 6.48. The van der Waals surface area contributed by atoms with E-state index in [0.29, 0.717) is 17.3 Å². The number of hydrogen-bond acceptors (Lipinski definition) is 3. The minimum absolute atomic E-state index is 0.0916. The Balaban J connectivity index is 2.25. The summed E-state index contributed by atoms with van der Waals surface area (Å²) in [5.41, 5.74) is 6.20. The molecule has 0 aliphatic heterocycles. The van der Waals surface area contributed by atoms with Gasteiger partial charge < -0.3 is 10.7 Å². The number of hydrogen-bond donors (Lipinski definition) is 2. The van der Waals surface area contributed by atoms with Crippen LogP contribution in [0.25, 0.3) is 0 Å². The van der Waals surface area contributed by atoms with Gasteiger partial charge >= 0.3 is 0 Å². The van der Waals surface area contributed by atoms with Gasteiger partial charge in [0.25, 0.3) is 5.56 Å². The summed E-state index contributed by atoms with van der Waals surface area (Å²) in [6.07, 6.45) is 5.98. The van der Waals surface area contributed by atoms with Crippen molar-refractivity contribution >= 4 is 5.82 Å². The zero-order valence-corrected chi connectivity index (χ0v) is 10.6. The van der Waals surface area contributed by atoms with Gasteiger partial charge in [0.1, 0.15) is 11.6 Å². The first-order valence-corrected chi connectivity index (χ1v) is 6.48. The molecule has 2 unspecified atom stereocenters. The molecule has 0 amide bonds. The number of rotatable bonds is 2. The molecule has 0 radical (unpaired) electrons. The van der Waals surface area contributed by atoms with Gasteiger partial charge in [-0.15, -0.1) is 0 Å². The van der Waals surface area contributed by atoms with E-state index in [4.69, 9.17) is 5.73 Å². The van der Waals surface area contributed by atoms with Crippen molar-refractivity contribution in [2.24, 2.45) is 5.92 Å². The number of H-pyrrole nitrogens is 1. The highest BCUT2D eigenvalue weighted by atomic mass is 16.1. The quantitative estimate of drug-likeness (QED) is 0.826. The highest BCUT2D eigenvalue weighted by Gasteiger charge is 2.24. The van der Waals surface area contributed by atoms with Crippen LogP contribution in [0.5, 0.6) is 0 Å². The zero-order valence-electron chi connectivity index (χ0n) is 10.6. The van der Waals surface area contributed by atoms with Crippen LogP contribution < -0.4 is 11.3 Å². The van der Waals surface area contributed by atoms with Crippen LogP contribution in [-0.4, -0.2) is 9.97 Å². The lowest BCUT2D eigenvalue weighted by molar-refractivity contribution is 0.307. The Bertz CT molecular complexity index is 452. The number of anilines is 1. The highest BCUT2D eigenvalue weighted by Crippen LogP contribution is 2.35. The lowest BCUT2D eigenvalue weighted by Gasteiger charge is -2.27. The second-order valence-electron chi connectivity index (χ2n) is 5.10. The minimum Gasteiger partial charge on any atom is -0.383 e. The third-order valence-corrected chi connectivity index (χ3v) is 3.95. The molecule has 1 aromatic heterocycles. The molecule has 1 aromatic rings. The average molecular weight is 235 g/mol. The van der Waals surface area contributed by atoms with Crippen molar-refractivity contribution in [3.8, 4) is 0 Å². The van der Waals surface area contributed by atoms with Crippen LogP contribution in [0.1, 0.15) is 56.3 Å². The monoisotopic (exact) mass is 235 g/mol. The maximum Gasteiger partial charge on any atom is 0.255 e. The van der Waals surface area contributed by atoms with Crippen LogP contribution in [0.4, 0.5) is 5.82 Å². The van der Waals surface area contributed by atoms with E-state index in [1.54, 1.807) is 6.92 Å². The van der Waals surface area contributed by atoms with Gasteiger partial charge in [-0.25, -0.2) is 4.98 Å². The first kappa shape index (κ1) is 12.1. The normalized spacial score (nSPS) is 24.8. The molecule has 4 heteroatoms. The predicted molar refractivity (Wildman–Crippen MR) is 69.0 cm³/mol. The van der Waals surface area contributed by atoms with E-state index >= 15 is 0 Å². The van der Waals surface area contributed by atoms with Gasteiger partial charge in [-0.3, -0.25) is 4.79 Å². The molecule has 94 valence electrons. The molecule has 1 heterocycles. The summed E-state index contributed by atoms with van der Waals surface area (Å²) in [6, 6.07) is 0. The average Bonchev–Trinajstić information content (AvgIpc) is 2.35. The molecule has 2 rings (SSSR count). The van der Waals surface area contributed by atoms with Crippen LogP contribution >= 0.6 is 0 Å². The van der Waals surface area contributed by atoms with Gasteiger partial charge in [0.15, 0.2) is 0 Å². The Morgan fingerprint density at radius 3 is 2.88 bits per heavy atom. The summed E-state index contributed by atoms with van der Waals surface area (Å²) in [6.45, 7) is 3.94. The Morgan fingerprint density at radius 1 is 1.47 bits per heavy atom. The summed E-state index contributed by atoms with van der Waals surface area (Å²) in [5, 5.41) is 0. The van der Waals surface area contributed by atoms with Gasteiger partial charge in [0, 0.05) is 5.92 Å². The molecular formula is C13H21N3O. The molecule has 1 saturated carbocycles. The van der Waals surface area contributed by atoms with Gasteiger partial charge in [0.2, 0.25) is 0 Å². The van der Waals surface area contributed by atoms with E-state index in [0.717, 1.165) is 24.6 Å². The van der Waals surface area contributed by atoms with Crippen molar-refractivity contribution in [2.45, 2.75) is 51.9 Å². The Labute approximate surface area is 102 Å². The van der Waals surface area contributed by atoms with Gasteiger partial charge in [-0.2, -0.15) is 0 Å². The van der Waals surface area contributed by atoms with Crippen molar-refractivity contribution in [2.75, 3.05) is 5.73 Å². The number of nitrogen functional groups attached to an aromatic ring is 1. The van der Waals surface area contributed by atoms with Crippen molar-refractivity contribution in [1.82, 2.24) is 9.97 Å². The second kappa shape index (κ2) is 4.90. The van der Waals surface area contributed by atoms with E-state index in [2.05, 4.69) is 16.9 Å². The number of nitrogens with two attached hydrogens (primary N) is 1. The molecular weight excluding hydrogens is 214 g/mol. The van der Waals surface area contributed by atoms with E-state index in [-0.39, 0.29) is 5.56 Å². The fourth-order valence-electron chi connectivity index (χ4n) is 2.67. The summed E-state index contributed by atoms with van der Waals surface area (Å²) in [7, 11) is 0. The van der Waals surface area contributed by atoms with E-state index < -0.39 is 0 Å². The lowest BCUT2D eigenvalue weighted by Crippen LogP contribution is -2.22. The summed E-state index contributed by atoms with van der Waals surface area (Å²) < 4.78 is 0. The molecule has 1 fully saturated rings. The largest absolute Gasteiger partial charge is 0.383 e. The smallest absolute Gasteiger partial charge is 0.255 e. The number of aromatic nitrogens is 2. The van der Waals surface area contributed by atoms with Crippen molar-refractivity contribution < 1.29 is 0 Å². The summed E-state index contributed by atoms with van der Waals surface area (Å²) in [5.74, 6) is 2.31. The zero-order chi connectivity index (χ0) is 12.4. The fraction of sp³-hybridized carbons (Fsp3) is 0.692. The highest BCUT2D eigenvalue weighted by molar-refractivity contribution is 5.36. The summed E-state index contributed by atoms with van der Waals surface area (Å²) in [4.78, 5) is 18.9. The Hall–Kier alpha value is -1.32. The summed E-state index contributed by atoms with van der Waals surface area (Å²) >= 11 is 0. The molecule has 0 spiro atoms. The van der Waals surface area contributed by atoms with Crippen LogP contribution in [0.3, 0.4) is 0 Å². The van der Waals surface area contributed by atoms with Gasteiger partial charge in [-0.1, -0.05) is 26.2 Å². The number of aromatic amines is 1. The molecule has 2 atom stereocenters. The molecule has 1 aliphatic rings. The van der Waals surface area contributed by atoms with E-state index in [1.165, 1.54) is 19.3 Å². The molecule has 3 N–H and O–H groups in total. The van der Waals surface area contributed by atoms with Gasteiger partial charge in [0.05, 0.1) is 5.56 Å². The van der Waals surface area contributed by atoms with Crippen molar-refractivity contribution in [1.29, 1.82) is 0 Å². The fourth-order valence-corrected chi connectivity index (χ4v) is 2.67. The second-order valence-corrected chi connectivity index (χ2v) is 5.10. The van der Waals surface area contributed by atoms with Gasteiger partial charge in [-0.05, 0) is 25.7 Å². The first-order chi connectivity index (χ1) is 8.11. The third kappa shape index (κ3) is 2.51. The molecule has 0 saturated heterocycles. The van der Waals surface area contributed by atoms with Crippen LogP contribution in [0.15, 0.2) is 4.79 Å². The maximum absolute atomic E-state index is 11.7. The van der Waals surface area contributed by atoms with E-state index in [1.807, 2.05) is 0 Å².